The lowest BCUT2D eigenvalue weighted by Crippen LogP contribution is -2.04. The Morgan fingerprint density at radius 3 is 2.47 bits per heavy atom. The summed E-state index contributed by atoms with van der Waals surface area (Å²) in [5.41, 5.74) is 2.70. The number of hydrogen-bond acceptors (Lipinski definition) is 6. The molecule has 3 rings (SSSR count). The van der Waals surface area contributed by atoms with E-state index in [2.05, 4.69) is 4.98 Å². The lowest BCUT2D eigenvalue weighted by molar-refractivity contribution is 0.281. The number of aliphatic hydroxyl groups excluding tert-OH is 1. The van der Waals surface area contributed by atoms with Crippen molar-refractivity contribution in [1.82, 2.24) is 4.98 Å². The van der Waals surface area contributed by atoms with Gasteiger partial charge in [-0.1, -0.05) is 19.4 Å². The molecule has 1 aromatic heterocycles. The van der Waals surface area contributed by atoms with Crippen LogP contribution in [0.2, 0.25) is 0 Å². The van der Waals surface area contributed by atoms with Crippen LogP contribution in [0.4, 0.5) is 4.39 Å². The Morgan fingerprint density at radius 1 is 1.06 bits per heavy atom. The number of sulfone groups is 1. The Labute approximate surface area is 187 Å². The van der Waals surface area contributed by atoms with Gasteiger partial charge in [0.05, 0.1) is 25.2 Å². The molecular weight excluding hydrogens is 433 g/mol. The molecule has 6 nitrogen and oxygen atoms in total. The fourth-order valence-corrected chi connectivity index (χ4v) is 3.97. The molecule has 170 valence electrons. The second kappa shape index (κ2) is 10.1. The van der Waals surface area contributed by atoms with Crippen molar-refractivity contribution >= 4 is 9.84 Å². The maximum atomic E-state index is 14.6. The van der Waals surface area contributed by atoms with Crippen molar-refractivity contribution in [3.8, 4) is 33.8 Å². The van der Waals surface area contributed by atoms with E-state index in [4.69, 9.17) is 9.47 Å². The lowest BCUT2D eigenvalue weighted by atomic mass is 9.93. The van der Waals surface area contributed by atoms with Crippen LogP contribution in [0.3, 0.4) is 0 Å². The highest BCUT2D eigenvalue weighted by Crippen LogP contribution is 2.42. The quantitative estimate of drug-likeness (QED) is 0.469. The predicted molar refractivity (Wildman–Crippen MR) is 121 cm³/mol. The van der Waals surface area contributed by atoms with E-state index < -0.39 is 15.7 Å². The molecule has 1 heterocycles. The summed E-state index contributed by atoms with van der Waals surface area (Å²) >= 11 is 0. The second-order valence-corrected chi connectivity index (χ2v) is 9.42. The van der Waals surface area contributed by atoms with Crippen molar-refractivity contribution in [2.75, 3.05) is 20.0 Å². The van der Waals surface area contributed by atoms with Crippen LogP contribution < -0.4 is 9.47 Å². The summed E-state index contributed by atoms with van der Waals surface area (Å²) in [6.07, 6.45) is 5.94. The smallest absolute Gasteiger partial charge is 0.175 e. The standard InChI is InChI=1S/C24H26FNO5S/c1-4-5-8-31-23-12-19(32(3,28)29)11-20(17-6-7-22(30-2)21(25)10-17)24(23)18-9-16(15-27)13-26-14-18/h6-7,9-14,27H,4-5,8,15H2,1-3H3. The summed E-state index contributed by atoms with van der Waals surface area (Å²) in [5.74, 6) is -0.140. The fourth-order valence-electron chi connectivity index (χ4n) is 3.31. The molecule has 0 aliphatic heterocycles. The topological polar surface area (TPSA) is 85.7 Å². The van der Waals surface area contributed by atoms with Crippen LogP contribution in [-0.2, 0) is 16.4 Å². The van der Waals surface area contributed by atoms with Gasteiger partial charge in [-0.3, -0.25) is 4.98 Å². The molecule has 0 saturated carbocycles. The molecule has 0 fully saturated rings. The van der Waals surface area contributed by atoms with Crippen molar-refractivity contribution < 1.29 is 27.4 Å². The third-order valence-corrected chi connectivity index (χ3v) is 6.08. The summed E-state index contributed by atoms with van der Waals surface area (Å²) in [5, 5.41) is 9.57. The van der Waals surface area contributed by atoms with Gasteiger partial charge in [-0.05, 0) is 53.4 Å². The third kappa shape index (κ3) is 5.26. The Hall–Kier alpha value is -2.97. The van der Waals surface area contributed by atoms with Gasteiger partial charge in [0, 0.05) is 29.8 Å². The average molecular weight is 460 g/mol. The average Bonchev–Trinajstić information content (AvgIpc) is 2.78. The molecule has 8 heteroatoms. The minimum absolute atomic E-state index is 0.0604. The molecule has 0 amide bonds. The van der Waals surface area contributed by atoms with Gasteiger partial charge in [-0.25, -0.2) is 12.8 Å². The van der Waals surface area contributed by atoms with Gasteiger partial charge in [0.15, 0.2) is 21.4 Å². The number of unbranched alkanes of at least 4 members (excludes halogenated alkanes) is 1. The van der Waals surface area contributed by atoms with E-state index in [1.807, 2.05) is 6.92 Å². The summed E-state index contributed by atoms with van der Waals surface area (Å²) in [6.45, 7) is 2.21. The van der Waals surface area contributed by atoms with Crippen LogP contribution >= 0.6 is 0 Å². The summed E-state index contributed by atoms with van der Waals surface area (Å²) in [6, 6.07) is 9.18. The van der Waals surface area contributed by atoms with E-state index in [0.717, 1.165) is 19.1 Å². The monoisotopic (exact) mass is 459 g/mol. The molecule has 0 unspecified atom stereocenters. The summed E-state index contributed by atoms with van der Waals surface area (Å²) in [4.78, 5) is 4.25. The van der Waals surface area contributed by atoms with Gasteiger partial charge in [-0.2, -0.15) is 0 Å². The molecule has 32 heavy (non-hydrogen) atoms. The van der Waals surface area contributed by atoms with Gasteiger partial charge in [0.2, 0.25) is 0 Å². The van der Waals surface area contributed by atoms with Gasteiger partial charge in [-0.15, -0.1) is 0 Å². The molecule has 1 N–H and O–H groups in total. The molecular formula is C24H26FNO5S. The number of rotatable bonds is 9. The lowest BCUT2D eigenvalue weighted by Gasteiger charge is -2.19. The zero-order valence-electron chi connectivity index (χ0n) is 18.3. The number of aliphatic hydroxyl groups is 1. The van der Waals surface area contributed by atoms with E-state index >= 15 is 0 Å². The first-order valence-electron chi connectivity index (χ1n) is 10.2. The first kappa shape index (κ1) is 23.7. The summed E-state index contributed by atoms with van der Waals surface area (Å²) < 4.78 is 50.4. The molecule has 0 spiro atoms. The number of hydrogen-bond donors (Lipinski definition) is 1. The molecule has 0 atom stereocenters. The molecule has 0 aliphatic carbocycles. The van der Waals surface area contributed by atoms with Crippen LogP contribution in [0, 0.1) is 5.82 Å². The Kier molecular flexibility index (Phi) is 7.48. The van der Waals surface area contributed by atoms with Crippen molar-refractivity contribution in [3.63, 3.8) is 0 Å². The van der Waals surface area contributed by atoms with E-state index in [1.165, 1.54) is 31.4 Å². The van der Waals surface area contributed by atoms with E-state index in [9.17, 15) is 17.9 Å². The van der Waals surface area contributed by atoms with Crippen LogP contribution in [-0.4, -0.2) is 38.5 Å². The van der Waals surface area contributed by atoms with Gasteiger partial charge in [0.25, 0.3) is 0 Å². The highest BCUT2D eigenvalue weighted by atomic mass is 32.2. The van der Waals surface area contributed by atoms with Gasteiger partial charge >= 0.3 is 0 Å². The number of nitrogens with zero attached hydrogens (tertiary/aromatic N) is 1. The Bertz CT molecular complexity index is 1210. The zero-order chi connectivity index (χ0) is 23.3. The Balaban J connectivity index is 2.34. The largest absolute Gasteiger partial charge is 0.494 e. The minimum atomic E-state index is -3.58. The Morgan fingerprint density at radius 2 is 1.84 bits per heavy atom. The number of methoxy groups -OCH3 is 1. The van der Waals surface area contributed by atoms with Crippen molar-refractivity contribution in [2.45, 2.75) is 31.3 Å². The molecule has 0 saturated heterocycles. The zero-order valence-corrected chi connectivity index (χ0v) is 19.1. The van der Waals surface area contributed by atoms with Gasteiger partial charge < -0.3 is 14.6 Å². The number of aromatic nitrogens is 1. The molecule has 3 aromatic rings. The summed E-state index contributed by atoms with van der Waals surface area (Å²) in [7, 11) is -2.20. The molecule has 0 radical (unpaired) electrons. The third-order valence-electron chi connectivity index (χ3n) is 4.99. The number of benzene rings is 2. The van der Waals surface area contributed by atoms with Crippen LogP contribution in [0.1, 0.15) is 25.3 Å². The van der Waals surface area contributed by atoms with Crippen LogP contribution in [0.5, 0.6) is 11.5 Å². The highest BCUT2D eigenvalue weighted by Gasteiger charge is 2.21. The van der Waals surface area contributed by atoms with Crippen molar-refractivity contribution in [1.29, 1.82) is 0 Å². The minimum Gasteiger partial charge on any atom is -0.494 e. The van der Waals surface area contributed by atoms with Crippen molar-refractivity contribution in [2.24, 2.45) is 0 Å². The normalized spacial score (nSPS) is 11.4. The van der Waals surface area contributed by atoms with Crippen molar-refractivity contribution in [3.05, 3.63) is 60.2 Å². The maximum Gasteiger partial charge on any atom is 0.175 e. The molecule has 2 aromatic carbocycles. The maximum absolute atomic E-state index is 14.6. The molecule has 0 aliphatic rings. The van der Waals surface area contributed by atoms with E-state index in [0.29, 0.717) is 40.2 Å². The number of pyridine rings is 1. The first-order valence-corrected chi connectivity index (χ1v) is 12.1. The van der Waals surface area contributed by atoms with Crippen LogP contribution in [0.25, 0.3) is 22.3 Å². The van der Waals surface area contributed by atoms with Gasteiger partial charge in [0.1, 0.15) is 5.75 Å². The van der Waals surface area contributed by atoms with Crippen LogP contribution in [0.15, 0.2) is 53.7 Å². The number of ether oxygens (including phenoxy) is 2. The molecule has 0 bridgehead atoms. The number of halogens is 1. The SMILES string of the molecule is CCCCOc1cc(S(C)(=O)=O)cc(-c2ccc(OC)c(F)c2)c1-c1cncc(CO)c1. The second-order valence-electron chi connectivity index (χ2n) is 7.41. The predicted octanol–water partition coefficient (Wildman–Crippen LogP) is 4.64. The first-order chi connectivity index (χ1) is 15.3. The highest BCUT2D eigenvalue weighted by molar-refractivity contribution is 7.90. The van der Waals surface area contributed by atoms with E-state index in [1.54, 1.807) is 24.5 Å². The fraction of sp³-hybridized carbons (Fsp3) is 0.292. The van der Waals surface area contributed by atoms with E-state index in [-0.39, 0.29) is 17.3 Å².